The molecule has 0 fully saturated rings. The zero-order chi connectivity index (χ0) is 18.0. The van der Waals surface area contributed by atoms with Crippen LogP contribution in [0.15, 0.2) is 52.9 Å². The Morgan fingerprint density at radius 2 is 1.92 bits per heavy atom. The summed E-state index contributed by atoms with van der Waals surface area (Å²) >= 11 is 0. The van der Waals surface area contributed by atoms with Crippen LogP contribution in [0.3, 0.4) is 0 Å². The first-order chi connectivity index (χ1) is 12.0. The van der Waals surface area contributed by atoms with Gasteiger partial charge in [-0.3, -0.25) is 14.9 Å². The summed E-state index contributed by atoms with van der Waals surface area (Å²) in [6.07, 6.45) is 1.38. The lowest BCUT2D eigenvalue weighted by atomic mass is 9.91. The third-order valence-corrected chi connectivity index (χ3v) is 4.12. The molecule has 2 aromatic carbocycles. The number of rotatable bonds is 6. The summed E-state index contributed by atoms with van der Waals surface area (Å²) in [4.78, 5) is 23.3. The maximum Gasteiger partial charge on any atom is 0.270 e. The smallest absolute Gasteiger partial charge is 0.270 e. The SMILES string of the molecule is CCCC(C(=O)c1ccc(O)cc1)c1cc2cc([N+](=O)[O-])ccc2o1. The minimum atomic E-state index is -0.471. The highest BCUT2D eigenvalue weighted by molar-refractivity contribution is 6.01. The van der Waals surface area contributed by atoms with E-state index in [4.69, 9.17) is 4.42 Å². The van der Waals surface area contributed by atoms with Crippen molar-refractivity contribution < 1.29 is 19.2 Å². The van der Waals surface area contributed by atoms with Crippen LogP contribution >= 0.6 is 0 Å². The standard InChI is InChI=1S/C19H17NO5/c1-2-3-16(19(22)12-4-7-15(21)8-5-12)18-11-13-10-14(20(23)24)6-9-17(13)25-18/h4-11,16,21H,2-3H2,1H3. The van der Waals surface area contributed by atoms with Crippen molar-refractivity contribution in [1.82, 2.24) is 0 Å². The molecule has 0 amide bonds. The maximum absolute atomic E-state index is 12.8. The van der Waals surface area contributed by atoms with E-state index in [9.17, 15) is 20.0 Å². The lowest BCUT2D eigenvalue weighted by molar-refractivity contribution is -0.384. The molecular weight excluding hydrogens is 322 g/mol. The molecule has 1 N–H and O–H groups in total. The number of aromatic hydroxyl groups is 1. The summed E-state index contributed by atoms with van der Waals surface area (Å²) in [5.41, 5.74) is 0.986. The van der Waals surface area contributed by atoms with E-state index >= 15 is 0 Å². The monoisotopic (exact) mass is 339 g/mol. The van der Waals surface area contributed by atoms with E-state index in [1.165, 1.54) is 24.3 Å². The molecule has 3 aromatic rings. The molecular formula is C19H17NO5. The number of ketones is 1. The van der Waals surface area contributed by atoms with Gasteiger partial charge in [-0.2, -0.15) is 0 Å². The average molecular weight is 339 g/mol. The second-order valence-electron chi connectivity index (χ2n) is 5.88. The summed E-state index contributed by atoms with van der Waals surface area (Å²) in [6.45, 7) is 1.98. The van der Waals surface area contributed by atoms with Crippen molar-refractivity contribution in [1.29, 1.82) is 0 Å². The third-order valence-electron chi connectivity index (χ3n) is 4.12. The predicted octanol–water partition coefficient (Wildman–Crippen LogP) is 4.81. The van der Waals surface area contributed by atoms with Crippen LogP contribution in [0.1, 0.15) is 41.8 Å². The van der Waals surface area contributed by atoms with E-state index in [1.54, 1.807) is 24.3 Å². The molecule has 3 rings (SSSR count). The Labute approximate surface area is 143 Å². The first-order valence-corrected chi connectivity index (χ1v) is 8.00. The summed E-state index contributed by atoms with van der Waals surface area (Å²) in [6, 6.07) is 12.2. The highest BCUT2D eigenvalue weighted by Gasteiger charge is 2.25. The van der Waals surface area contributed by atoms with Gasteiger partial charge in [-0.25, -0.2) is 0 Å². The van der Waals surface area contributed by atoms with Crippen LogP contribution in [0.5, 0.6) is 5.75 Å². The van der Waals surface area contributed by atoms with Gasteiger partial charge in [-0.05, 0) is 42.8 Å². The number of furan rings is 1. The van der Waals surface area contributed by atoms with Crippen LogP contribution in [-0.2, 0) is 0 Å². The first kappa shape index (κ1) is 16.7. The van der Waals surface area contributed by atoms with Gasteiger partial charge in [0.2, 0.25) is 0 Å². The molecule has 6 nitrogen and oxygen atoms in total. The second-order valence-corrected chi connectivity index (χ2v) is 5.88. The van der Waals surface area contributed by atoms with E-state index in [1.807, 2.05) is 6.92 Å². The normalized spacial score (nSPS) is 12.2. The van der Waals surface area contributed by atoms with Crippen LogP contribution in [0.2, 0.25) is 0 Å². The first-order valence-electron chi connectivity index (χ1n) is 8.00. The van der Waals surface area contributed by atoms with Crippen LogP contribution in [0.25, 0.3) is 11.0 Å². The molecule has 0 aliphatic rings. The number of hydrogen-bond donors (Lipinski definition) is 1. The van der Waals surface area contributed by atoms with Crippen molar-refractivity contribution in [2.45, 2.75) is 25.7 Å². The van der Waals surface area contributed by atoms with Crippen LogP contribution < -0.4 is 0 Å². The molecule has 0 bridgehead atoms. The fourth-order valence-electron chi connectivity index (χ4n) is 2.85. The minimum absolute atomic E-state index is 0.0169. The number of benzene rings is 2. The highest BCUT2D eigenvalue weighted by Crippen LogP contribution is 2.32. The number of nitrogens with zero attached hydrogens (tertiary/aromatic N) is 1. The molecule has 1 heterocycles. The van der Waals surface area contributed by atoms with Gasteiger partial charge in [-0.15, -0.1) is 0 Å². The number of carbonyl (C=O) groups is 1. The Hall–Kier alpha value is -3.15. The lowest BCUT2D eigenvalue weighted by Gasteiger charge is -2.12. The van der Waals surface area contributed by atoms with Gasteiger partial charge >= 0.3 is 0 Å². The van der Waals surface area contributed by atoms with E-state index in [2.05, 4.69) is 0 Å². The van der Waals surface area contributed by atoms with Crippen molar-refractivity contribution in [3.8, 4) is 5.75 Å². The summed E-state index contributed by atoms with van der Waals surface area (Å²) in [5, 5.41) is 20.9. The van der Waals surface area contributed by atoms with Crippen LogP contribution in [0, 0.1) is 10.1 Å². The fourth-order valence-corrected chi connectivity index (χ4v) is 2.85. The largest absolute Gasteiger partial charge is 0.508 e. The number of nitro groups is 1. The van der Waals surface area contributed by atoms with Crippen LogP contribution in [-0.4, -0.2) is 15.8 Å². The molecule has 0 saturated heterocycles. The Bertz CT molecular complexity index is 927. The molecule has 0 radical (unpaired) electrons. The number of fused-ring (bicyclic) bond motifs is 1. The van der Waals surface area contributed by atoms with Crippen LogP contribution in [0.4, 0.5) is 5.69 Å². The number of nitro benzene ring substituents is 1. The molecule has 1 aromatic heterocycles. The van der Waals surface area contributed by atoms with Crippen molar-refractivity contribution in [2.24, 2.45) is 0 Å². The maximum atomic E-state index is 12.8. The highest BCUT2D eigenvalue weighted by atomic mass is 16.6. The Kier molecular flexibility index (Phi) is 4.52. The second kappa shape index (κ2) is 6.76. The summed E-state index contributed by atoms with van der Waals surface area (Å²) in [7, 11) is 0. The zero-order valence-electron chi connectivity index (χ0n) is 13.6. The van der Waals surface area contributed by atoms with Crippen molar-refractivity contribution >= 4 is 22.4 Å². The molecule has 0 spiro atoms. The molecule has 0 aliphatic heterocycles. The summed E-state index contributed by atoms with van der Waals surface area (Å²) in [5.74, 6) is 0.0199. The predicted molar refractivity (Wildman–Crippen MR) is 93.0 cm³/mol. The fraction of sp³-hybridized carbons (Fsp3) is 0.211. The Morgan fingerprint density at radius 3 is 2.56 bits per heavy atom. The quantitative estimate of drug-likeness (QED) is 0.395. The average Bonchev–Trinajstić information content (AvgIpc) is 3.02. The van der Waals surface area contributed by atoms with Crippen molar-refractivity contribution in [3.05, 3.63) is 70.0 Å². The molecule has 128 valence electrons. The lowest BCUT2D eigenvalue weighted by Crippen LogP contribution is -2.12. The van der Waals surface area contributed by atoms with E-state index < -0.39 is 10.8 Å². The van der Waals surface area contributed by atoms with Crippen molar-refractivity contribution in [3.63, 3.8) is 0 Å². The summed E-state index contributed by atoms with van der Waals surface area (Å²) < 4.78 is 5.79. The minimum Gasteiger partial charge on any atom is -0.508 e. The van der Waals surface area contributed by atoms with Crippen molar-refractivity contribution in [2.75, 3.05) is 0 Å². The molecule has 6 heteroatoms. The van der Waals surface area contributed by atoms with Gasteiger partial charge in [0.25, 0.3) is 5.69 Å². The molecule has 1 atom stereocenters. The zero-order valence-corrected chi connectivity index (χ0v) is 13.6. The van der Waals surface area contributed by atoms with Gasteiger partial charge in [-0.1, -0.05) is 13.3 Å². The number of phenolic OH excluding ortho intramolecular Hbond substituents is 1. The number of phenols is 1. The number of hydrogen-bond acceptors (Lipinski definition) is 5. The topological polar surface area (TPSA) is 93.6 Å². The molecule has 0 saturated carbocycles. The van der Waals surface area contributed by atoms with Gasteiger partial charge in [0.15, 0.2) is 5.78 Å². The van der Waals surface area contributed by atoms with E-state index in [0.29, 0.717) is 28.7 Å². The van der Waals surface area contributed by atoms with E-state index in [-0.39, 0.29) is 17.2 Å². The Morgan fingerprint density at radius 1 is 1.20 bits per heavy atom. The number of carbonyl (C=O) groups excluding carboxylic acids is 1. The van der Waals surface area contributed by atoms with Gasteiger partial charge < -0.3 is 9.52 Å². The molecule has 0 aliphatic carbocycles. The molecule has 1 unspecified atom stereocenters. The van der Waals surface area contributed by atoms with Gasteiger partial charge in [0, 0.05) is 23.1 Å². The molecule has 25 heavy (non-hydrogen) atoms. The third kappa shape index (κ3) is 3.38. The van der Waals surface area contributed by atoms with Gasteiger partial charge in [0.05, 0.1) is 10.8 Å². The van der Waals surface area contributed by atoms with Gasteiger partial charge in [0.1, 0.15) is 17.1 Å². The van der Waals surface area contributed by atoms with E-state index in [0.717, 1.165) is 6.42 Å². The number of Topliss-reactive ketones (excluding diaryl/α,β-unsaturated/α-hetero) is 1. The number of non-ortho nitro benzene ring substituents is 1. The Balaban J connectivity index is 1.99.